The highest BCUT2D eigenvalue weighted by atomic mass is 19.1. The topological polar surface area (TPSA) is 0 Å². The molecule has 0 bridgehead atoms. The molecule has 0 aliphatic carbocycles. The number of halogens is 2. The Bertz CT molecular complexity index is 70.0. The van der Waals surface area contributed by atoms with Crippen LogP contribution in [-0.2, 0) is 0 Å². The van der Waals surface area contributed by atoms with Gasteiger partial charge in [-0.1, -0.05) is 26.2 Å². The average Bonchev–Trinajstić information content (AvgIpc) is 2.05. The molecule has 68 valence electrons. The lowest BCUT2D eigenvalue weighted by atomic mass is 10.0. The zero-order chi connectivity index (χ0) is 8.53. The summed E-state index contributed by atoms with van der Waals surface area (Å²) in [6.45, 7) is 1.55. The molecular weight excluding hydrogens is 146 g/mol. The van der Waals surface area contributed by atoms with E-state index in [1.807, 2.05) is 6.92 Å². The fourth-order valence-corrected chi connectivity index (χ4v) is 1.09. The van der Waals surface area contributed by atoms with Crippen LogP contribution in [0.2, 0.25) is 0 Å². The van der Waals surface area contributed by atoms with Crippen LogP contribution in [0.5, 0.6) is 0 Å². The van der Waals surface area contributed by atoms with Crippen LogP contribution in [0.4, 0.5) is 8.78 Å². The number of rotatable bonds is 7. The van der Waals surface area contributed by atoms with Gasteiger partial charge < -0.3 is 0 Å². The SMILES string of the molecule is CCC(CF)CCCCCF. The average molecular weight is 164 g/mol. The van der Waals surface area contributed by atoms with Gasteiger partial charge >= 0.3 is 0 Å². The fourth-order valence-electron chi connectivity index (χ4n) is 1.09. The summed E-state index contributed by atoms with van der Waals surface area (Å²) in [5.41, 5.74) is 0. The van der Waals surface area contributed by atoms with Crippen molar-refractivity contribution in [2.24, 2.45) is 5.92 Å². The Kier molecular flexibility index (Phi) is 7.86. The molecule has 0 radical (unpaired) electrons. The van der Waals surface area contributed by atoms with E-state index in [0.717, 1.165) is 25.7 Å². The van der Waals surface area contributed by atoms with E-state index in [4.69, 9.17) is 0 Å². The van der Waals surface area contributed by atoms with Crippen molar-refractivity contribution in [3.63, 3.8) is 0 Å². The minimum atomic E-state index is -0.230. The Morgan fingerprint density at radius 3 is 2.27 bits per heavy atom. The summed E-state index contributed by atoms with van der Waals surface area (Å²) >= 11 is 0. The van der Waals surface area contributed by atoms with Crippen molar-refractivity contribution < 1.29 is 8.78 Å². The second kappa shape index (κ2) is 7.96. The molecule has 0 aromatic rings. The fraction of sp³-hybridized carbons (Fsp3) is 1.00. The molecular formula is C9H18F2. The summed E-state index contributed by atoms with van der Waals surface area (Å²) in [6.07, 6.45) is 4.36. The predicted molar refractivity (Wildman–Crippen MR) is 44.2 cm³/mol. The van der Waals surface area contributed by atoms with Gasteiger partial charge in [-0.05, 0) is 18.8 Å². The first-order chi connectivity index (χ1) is 5.35. The second-order valence-electron chi connectivity index (χ2n) is 2.97. The molecule has 0 spiro atoms. The highest BCUT2D eigenvalue weighted by molar-refractivity contribution is 4.55. The minimum Gasteiger partial charge on any atom is -0.251 e. The normalized spacial score (nSPS) is 13.4. The molecule has 0 aliphatic heterocycles. The summed E-state index contributed by atoms with van der Waals surface area (Å²) in [4.78, 5) is 0. The van der Waals surface area contributed by atoms with Gasteiger partial charge in [-0.2, -0.15) is 0 Å². The van der Waals surface area contributed by atoms with E-state index >= 15 is 0 Å². The maximum Gasteiger partial charge on any atom is 0.0922 e. The van der Waals surface area contributed by atoms with E-state index < -0.39 is 0 Å². The summed E-state index contributed by atoms with van der Waals surface area (Å²) in [6, 6.07) is 0. The zero-order valence-corrected chi connectivity index (χ0v) is 7.28. The molecule has 2 heteroatoms. The van der Waals surface area contributed by atoms with Gasteiger partial charge in [0.05, 0.1) is 13.3 Å². The summed E-state index contributed by atoms with van der Waals surface area (Å²) in [7, 11) is 0. The molecule has 1 atom stereocenters. The van der Waals surface area contributed by atoms with Crippen LogP contribution in [0, 0.1) is 5.92 Å². The molecule has 0 saturated carbocycles. The van der Waals surface area contributed by atoms with Gasteiger partial charge in [0.2, 0.25) is 0 Å². The van der Waals surface area contributed by atoms with Crippen molar-refractivity contribution in [2.45, 2.75) is 39.0 Å². The van der Waals surface area contributed by atoms with Gasteiger partial charge in [-0.25, -0.2) is 0 Å². The Morgan fingerprint density at radius 1 is 1.09 bits per heavy atom. The van der Waals surface area contributed by atoms with Crippen LogP contribution in [0.1, 0.15) is 39.0 Å². The Hall–Kier alpha value is -0.140. The quantitative estimate of drug-likeness (QED) is 0.505. The van der Waals surface area contributed by atoms with Crippen LogP contribution >= 0.6 is 0 Å². The first-order valence-corrected chi connectivity index (χ1v) is 4.47. The lowest BCUT2D eigenvalue weighted by Gasteiger charge is -2.08. The first-order valence-electron chi connectivity index (χ1n) is 4.47. The van der Waals surface area contributed by atoms with E-state index in [2.05, 4.69) is 0 Å². The third-order valence-corrected chi connectivity index (χ3v) is 2.04. The number of unbranched alkanes of at least 4 members (excludes halogenated alkanes) is 2. The largest absolute Gasteiger partial charge is 0.251 e. The van der Waals surface area contributed by atoms with Crippen LogP contribution in [0.3, 0.4) is 0 Å². The van der Waals surface area contributed by atoms with E-state index in [-0.39, 0.29) is 19.3 Å². The monoisotopic (exact) mass is 164 g/mol. The van der Waals surface area contributed by atoms with E-state index in [0.29, 0.717) is 6.42 Å². The highest BCUT2D eigenvalue weighted by Crippen LogP contribution is 2.13. The van der Waals surface area contributed by atoms with Gasteiger partial charge in [-0.3, -0.25) is 8.78 Å². The van der Waals surface area contributed by atoms with Crippen LogP contribution in [0.25, 0.3) is 0 Å². The summed E-state index contributed by atoms with van der Waals surface area (Å²) < 4.78 is 23.7. The molecule has 0 aromatic carbocycles. The Morgan fingerprint density at radius 2 is 1.82 bits per heavy atom. The van der Waals surface area contributed by atoms with Crippen molar-refractivity contribution in [2.75, 3.05) is 13.3 Å². The molecule has 0 aromatic heterocycles. The van der Waals surface area contributed by atoms with E-state index in [1.54, 1.807) is 0 Å². The number of hydrogen-bond donors (Lipinski definition) is 0. The number of hydrogen-bond acceptors (Lipinski definition) is 0. The zero-order valence-electron chi connectivity index (χ0n) is 7.28. The van der Waals surface area contributed by atoms with Gasteiger partial charge in [0.1, 0.15) is 0 Å². The highest BCUT2D eigenvalue weighted by Gasteiger charge is 2.03. The lowest BCUT2D eigenvalue weighted by molar-refractivity contribution is 0.324. The molecule has 0 N–H and O–H groups in total. The lowest BCUT2D eigenvalue weighted by Crippen LogP contribution is -2.00. The van der Waals surface area contributed by atoms with Crippen molar-refractivity contribution in [3.8, 4) is 0 Å². The second-order valence-corrected chi connectivity index (χ2v) is 2.97. The number of alkyl halides is 2. The Balaban J connectivity index is 3.07. The summed E-state index contributed by atoms with van der Waals surface area (Å²) in [5, 5.41) is 0. The standard InChI is InChI=1S/C9H18F2/c1-2-9(8-11)6-4-3-5-7-10/h9H,2-8H2,1H3. The maximum absolute atomic E-state index is 12.1. The van der Waals surface area contributed by atoms with E-state index in [9.17, 15) is 8.78 Å². The van der Waals surface area contributed by atoms with Crippen molar-refractivity contribution in [1.82, 2.24) is 0 Å². The van der Waals surface area contributed by atoms with Crippen LogP contribution in [-0.4, -0.2) is 13.3 Å². The van der Waals surface area contributed by atoms with Gasteiger partial charge in [0, 0.05) is 0 Å². The molecule has 0 nitrogen and oxygen atoms in total. The third-order valence-electron chi connectivity index (χ3n) is 2.04. The smallest absolute Gasteiger partial charge is 0.0922 e. The van der Waals surface area contributed by atoms with Gasteiger partial charge in [0.15, 0.2) is 0 Å². The molecule has 0 saturated heterocycles. The minimum absolute atomic E-state index is 0.216. The van der Waals surface area contributed by atoms with Crippen molar-refractivity contribution in [1.29, 1.82) is 0 Å². The molecule has 0 heterocycles. The van der Waals surface area contributed by atoms with Crippen LogP contribution < -0.4 is 0 Å². The van der Waals surface area contributed by atoms with Crippen molar-refractivity contribution in [3.05, 3.63) is 0 Å². The van der Waals surface area contributed by atoms with Crippen LogP contribution in [0.15, 0.2) is 0 Å². The van der Waals surface area contributed by atoms with E-state index in [1.165, 1.54) is 0 Å². The van der Waals surface area contributed by atoms with Gasteiger partial charge in [0.25, 0.3) is 0 Å². The molecule has 0 amide bonds. The first kappa shape index (κ1) is 10.9. The molecule has 1 unspecified atom stereocenters. The Labute approximate surface area is 68.0 Å². The maximum atomic E-state index is 12.1. The molecule has 0 fully saturated rings. The molecule has 0 rings (SSSR count). The molecule has 0 aliphatic rings. The van der Waals surface area contributed by atoms with Crippen molar-refractivity contribution >= 4 is 0 Å². The van der Waals surface area contributed by atoms with Gasteiger partial charge in [-0.15, -0.1) is 0 Å². The summed E-state index contributed by atoms with van der Waals surface area (Å²) in [5.74, 6) is 0.217. The predicted octanol–water partition coefficient (Wildman–Crippen LogP) is 3.51. The third kappa shape index (κ3) is 6.27. The molecule has 11 heavy (non-hydrogen) atoms.